The zero-order valence-electron chi connectivity index (χ0n) is 8.55. The molecule has 0 aliphatic rings. The lowest BCUT2D eigenvalue weighted by atomic mass is 10.3. The van der Waals surface area contributed by atoms with Gasteiger partial charge in [0.15, 0.2) is 11.4 Å². The van der Waals surface area contributed by atoms with Crippen LogP contribution in [0, 0.1) is 5.82 Å². The van der Waals surface area contributed by atoms with Gasteiger partial charge in [-0.15, -0.1) is 0 Å². The number of rotatable bonds is 3. The first-order valence-electron chi connectivity index (χ1n) is 4.61. The van der Waals surface area contributed by atoms with E-state index in [1.807, 2.05) is 0 Å². The van der Waals surface area contributed by atoms with Crippen molar-refractivity contribution < 1.29 is 9.18 Å². The fourth-order valence-corrected chi connectivity index (χ4v) is 2.02. The fraction of sp³-hybridized carbons (Fsp3) is 0.0909. The highest BCUT2D eigenvalue weighted by atomic mass is 32.1. The molecule has 2 aromatic rings. The molecule has 0 saturated carbocycles. The number of para-hydroxylation sites is 1. The van der Waals surface area contributed by atoms with Crippen LogP contribution in [-0.2, 0) is 0 Å². The van der Waals surface area contributed by atoms with E-state index < -0.39 is 0 Å². The van der Waals surface area contributed by atoms with Gasteiger partial charge in [-0.05, 0) is 12.1 Å². The molecule has 0 aliphatic carbocycles. The minimum Gasteiger partial charge on any atom is -0.318 e. The van der Waals surface area contributed by atoms with E-state index in [0.29, 0.717) is 15.7 Å². The van der Waals surface area contributed by atoms with E-state index in [0.717, 1.165) is 6.29 Å². The van der Waals surface area contributed by atoms with Gasteiger partial charge in [0.1, 0.15) is 5.82 Å². The van der Waals surface area contributed by atoms with Gasteiger partial charge in [0.05, 0.1) is 16.8 Å². The number of thiazole rings is 1. The van der Waals surface area contributed by atoms with Crippen LogP contribution < -0.4 is 4.90 Å². The molecule has 1 aromatic heterocycles. The number of aldehydes is 1. The molecule has 0 bridgehead atoms. The van der Waals surface area contributed by atoms with Crippen molar-refractivity contribution in [1.29, 1.82) is 0 Å². The molecule has 1 heterocycles. The topological polar surface area (TPSA) is 33.2 Å². The minimum atomic E-state index is -0.312. The summed E-state index contributed by atoms with van der Waals surface area (Å²) in [5.41, 5.74) is 0.439. The zero-order chi connectivity index (χ0) is 11.5. The molecule has 0 unspecified atom stereocenters. The second-order valence-corrected chi connectivity index (χ2v) is 4.21. The lowest BCUT2D eigenvalue weighted by Gasteiger charge is -2.16. The Bertz CT molecular complexity index is 512. The van der Waals surface area contributed by atoms with Gasteiger partial charge in [0, 0.05) is 7.05 Å². The van der Waals surface area contributed by atoms with Gasteiger partial charge < -0.3 is 4.90 Å². The maximum Gasteiger partial charge on any atom is 0.190 e. The molecule has 0 amide bonds. The Morgan fingerprint density at radius 1 is 1.44 bits per heavy atom. The highest BCUT2D eigenvalue weighted by Gasteiger charge is 2.11. The molecule has 0 aliphatic heterocycles. The molecule has 0 fully saturated rings. The summed E-state index contributed by atoms with van der Waals surface area (Å²) in [6.45, 7) is 0. The van der Waals surface area contributed by atoms with E-state index in [-0.39, 0.29) is 5.82 Å². The Balaban J connectivity index is 2.35. The summed E-state index contributed by atoms with van der Waals surface area (Å²) in [4.78, 5) is 16.7. The summed E-state index contributed by atoms with van der Waals surface area (Å²) in [7, 11) is 1.71. The molecule has 2 rings (SSSR count). The fourth-order valence-electron chi connectivity index (χ4n) is 1.31. The van der Waals surface area contributed by atoms with Crippen LogP contribution in [0.1, 0.15) is 9.67 Å². The Morgan fingerprint density at radius 3 is 2.81 bits per heavy atom. The van der Waals surface area contributed by atoms with Gasteiger partial charge in [-0.2, -0.15) is 0 Å². The van der Waals surface area contributed by atoms with E-state index in [1.165, 1.54) is 23.6 Å². The number of benzene rings is 1. The number of aromatic nitrogens is 1. The third kappa shape index (κ3) is 1.94. The van der Waals surface area contributed by atoms with Gasteiger partial charge >= 0.3 is 0 Å². The second-order valence-electron chi connectivity index (χ2n) is 3.17. The average molecular weight is 236 g/mol. The number of carbonyl (C=O) groups is 1. The van der Waals surface area contributed by atoms with Crippen molar-refractivity contribution in [3.8, 4) is 0 Å². The average Bonchev–Trinajstić information content (AvgIpc) is 2.77. The molecular formula is C11H9FN2OS. The van der Waals surface area contributed by atoms with Gasteiger partial charge in [0.2, 0.25) is 0 Å². The van der Waals surface area contributed by atoms with E-state index in [9.17, 15) is 9.18 Å². The number of hydrogen-bond donors (Lipinski definition) is 0. The Kier molecular flexibility index (Phi) is 2.96. The zero-order valence-corrected chi connectivity index (χ0v) is 9.37. The molecule has 0 spiro atoms. The quantitative estimate of drug-likeness (QED) is 0.768. The van der Waals surface area contributed by atoms with E-state index in [1.54, 1.807) is 30.1 Å². The molecule has 5 heteroatoms. The number of hydrogen-bond acceptors (Lipinski definition) is 4. The summed E-state index contributed by atoms with van der Waals surface area (Å²) >= 11 is 1.22. The smallest absolute Gasteiger partial charge is 0.190 e. The largest absolute Gasteiger partial charge is 0.318 e. The molecule has 16 heavy (non-hydrogen) atoms. The number of anilines is 2. The van der Waals surface area contributed by atoms with E-state index >= 15 is 0 Å². The SMILES string of the molecule is CN(c1ncc(C=O)s1)c1ccccc1F. The van der Waals surface area contributed by atoms with Gasteiger partial charge in [-0.3, -0.25) is 4.79 Å². The Hall–Kier alpha value is -1.75. The van der Waals surface area contributed by atoms with Crippen molar-refractivity contribution in [2.75, 3.05) is 11.9 Å². The molecule has 0 radical (unpaired) electrons. The van der Waals surface area contributed by atoms with Gasteiger partial charge in [-0.1, -0.05) is 23.5 Å². The predicted molar refractivity (Wildman–Crippen MR) is 62.0 cm³/mol. The highest BCUT2D eigenvalue weighted by molar-refractivity contribution is 7.17. The second kappa shape index (κ2) is 4.40. The molecule has 1 aromatic carbocycles. The third-order valence-electron chi connectivity index (χ3n) is 2.13. The molecule has 82 valence electrons. The van der Waals surface area contributed by atoms with Crippen molar-refractivity contribution in [2.45, 2.75) is 0 Å². The van der Waals surface area contributed by atoms with E-state index in [4.69, 9.17) is 0 Å². The minimum absolute atomic E-state index is 0.312. The van der Waals surface area contributed by atoms with Gasteiger partial charge in [0.25, 0.3) is 0 Å². The van der Waals surface area contributed by atoms with Crippen molar-refractivity contribution in [3.05, 3.63) is 41.2 Å². The molecule has 0 N–H and O–H groups in total. The van der Waals surface area contributed by atoms with Gasteiger partial charge in [-0.25, -0.2) is 9.37 Å². The maximum atomic E-state index is 13.5. The monoisotopic (exact) mass is 236 g/mol. The molecule has 3 nitrogen and oxygen atoms in total. The number of carbonyl (C=O) groups excluding carboxylic acids is 1. The van der Waals surface area contributed by atoms with Crippen LogP contribution in [0.2, 0.25) is 0 Å². The van der Waals surface area contributed by atoms with Crippen LogP contribution in [0.5, 0.6) is 0 Å². The normalized spacial score (nSPS) is 10.1. The number of nitrogens with zero attached hydrogens (tertiary/aromatic N) is 2. The standard InChI is InChI=1S/C11H9FN2OS/c1-14(10-5-3-2-4-9(10)12)11-13-6-8(7-15)16-11/h2-7H,1H3. The summed E-state index contributed by atoms with van der Waals surface area (Å²) in [5, 5.41) is 0.590. The lowest BCUT2D eigenvalue weighted by molar-refractivity contribution is 0.112. The Labute approximate surface area is 96.2 Å². The molecule has 0 saturated heterocycles. The summed E-state index contributed by atoms with van der Waals surface area (Å²) in [6.07, 6.45) is 2.21. The molecular weight excluding hydrogens is 227 g/mol. The summed E-state index contributed by atoms with van der Waals surface area (Å²) in [6, 6.07) is 6.44. The predicted octanol–water partition coefficient (Wildman–Crippen LogP) is 2.86. The number of halogens is 1. The first kappa shape index (κ1) is 10.8. The first-order chi connectivity index (χ1) is 7.72. The Morgan fingerprint density at radius 2 is 2.19 bits per heavy atom. The third-order valence-corrected chi connectivity index (χ3v) is 3.13. The van der Waals surface area contributed by atoms with Crippen LogP contribution in [0.4, 0.5) is 15.2 Å². The first-order valence-corrected chi connectivity index (χ1v) is 5.43. The maximum absolute atomic E-state index is 13.5. The summed E-state index contributed by atoms with van der Waals surface area (Å²) < 4.78 is 13.5. The van der Waals surface area contributed by atoms with Crippen LogP contribution in [-0.4, -0.2) is 18.3 Å². The van der Waals surface area contributed by atoms with Crippen LogP contribution in [0.3, 0.4) is 0 Å². The van der Waals surface area contributed by atoms with E-state index in [2.05, 4.69) is 4.98 Å². The van der Waals surface area contributed by atoms with Crippen LogP contribution in [0.25, 0.3) is 0 Å². The van der Waals surface area contributed by atoms with Crippen molar-refractivity contribution in [2.24, 2.45) is 0 Å². The van der Waals surface area contributed by atoms with Crippen LogP contribution >= 0.6 is 11.3 Å². The van der Waals surface area contributed by atoms with Crippen molar-refractivity contribution in [3.63, 3.8) is 0 Å². The van der Waals surface area contributed by atoms with Crippen LogP contribution in [0.15, 0.2) is 30.5 Å². The van der Waals surface area contributed by atoms with Crippen molar-refractivity contribution in [1.82, 2.24) is 4.98 Å². The highest BCUT2D eigenvalue weighted by Crippen LogP contribution is 2.28. The van der Waals surface area contributed by atoms with Crippen molar-refractivity contribution >= 4 is 28.4 Å². The summed E-state index contributed by atoms with van der Waals surface area (Å²) in [5.74, 6) is -0.312. The lowest BCUT2D eigenvalue weighted by Crippen LogP contribution is -2.10. The molecule has 0 atom stereocenters.